The van der Waals surface area contributed by atoms with Crippen molar-refractivity contribution in [2.24, 2.45) is 5.92 Å². The Morgan fingerprint density at radius 3 is 2.45 bits per heavy atom. The summed E-state index contributed by atoms with van der Waals surface area (Å²) in [7, 11) is 0. The number of thioether (sulfide) groups is 1. The molecule has 0 spiro atoms. The van der Waals surface area contributed by atoms with E-state index in [0.717, 1.165) is 28.0 Å². The zero-order valence-electron chi connectivity index (χ0n) is 27.1. The number of hydrogen-bond donors (Lipinski definition) is 5. The first-order valence-electron chi connectivity index (χ1n) is 15.4. The summed E-state index contributed by atoms with van der Waals surface area (Å²) < 4.78 is 0. The Morgan fingerprint density at radius 2 is 1.84 bits per heavy atom. The summed E-state index contributed by atoms with van der Waals surface area (Å²) in [6.45, 7) is 15.7. The van der Waals surface area contributed by atoms with Crippen LogP contribution in [-0.2, 0) is 21.8 Å². The topological polar surface area (TPSA) is 136 Å². The normalized spacial score (nSPS) is 18.1. The molecule has 3 amide bonds. The molecule has 0 bridgehead atoms. The van der Waals surface area contributed by atoms with Gasteiger partial charge in [0.2, 0.25) is 11.8 Å². The molecule has 244 valence electrons. The highest BCUT2D eigenvalue weighted by Crippen LogP contribution is 2.22. The van der Waals surface area contributed by atoms with Crippen LogP contribution in [0.3, 0.4) is 0 Å². The smallest absolute Gasteiger partial charge is 0.280 e. The molecule has 0 radical (unpaired) electrons. The van der Waals surface area contributed by atoms with E-state index in [9.17, 15) is 19.5 Å². The Balaban J connectivity index is 1.70. The van der Waals surface area contributed by atoms with E-state index in [1.54, 1.807) is 11.3 Å². The van der Waals surface area contributed by atoms with Gasteiger partial charge in [-0.25, -0.2) is 4.98 Å². The Bertz CT molecular complexity index is 1220. The van der Waals surface area contributed by atoms with Gasteiger partial charge in [0, 0.05) is 48.8 Å². The number of aliphatic hydroxyl groups is 1. The number of rotatable bonds is 13. The number of nitrogens with zero attached hydrogens (tertiary/aromatic N) is 2. The van der Waals surface area contributed by atoms with Crippen LogP contribution >= 0.6 is 23.1 Å². The summed E-state index contributed by atoms with van der Waals surface area (Å²) in [5, 5.41) is 26.5. The number of amides is 3. The molecule has 0 saturated carbocycles. The van der Waals surface area contributed by atoms with Gasteiger partial charge in [-0.1, -0.05) is 69.8 Å². The molecule has 1 saturated heterocycles. The lowest BCUT2D eigenvalue weighted by atomic mass is 9.97. The van der Waals surface area contributed by atoms with E-state index in [-0.39, 0.29) is 35.1 Å². The zero-order chi connectivity index (χ0) is 32.4. The molecule has 1 fully saturated rings. The van der Waals surface area contributed by atoms with Crippen molar-refractivity contribution in [3.05, 3.63) is 52.0 Å². The standard InChI is InChI=1S/C32H50N6O4S2/c1-20(2)27(36-31(42)44-19-23-18-43-30(34-23)21(3)4)29(41)35-24(15-22-11-9-8-10-12-22)26(39)17-38-14-13-33-16-25(38)28(40)37-32(5,6)7/h8-12,18,20-21,24-27,33,39H,13-17,19H2,1-7H3,(H,35,41)(H,36,42)(H,37,40)/t24-,25-,26-,27-/m0/s1. The Kier molecular flexibility index (Phi) is 13.6. The predicted octanol–water partition coefficient (Wildman–Crippen LogP) is 3.51. The van der Waals surface area contributed by atoms with E-state index >= 15 is 0 Å². The molecular weight excluding hydrogens is 597 g/mol. The quantitative estimate of drug-likeness (QED) is 0.223. The second-order valence-electron chi connectivity index (χ2n) is 13.1. The third-order valence-electron chi connectivity index (χ3n) is 7.30. The Hall–Kier alpha value is -2.51. The maximum absolute atomic E-state index is 13.7. The molecule has 10 nitrogen and oxygen atoms in total. The summed E-state index contributed by atoms with van der Waals surface area (Å²) in [5.41, 5.74) is 1.43. The zero-order valence-corrected chi connectivity index (χ0v) is 28.7. The fourth-order valence-corrected chi connectivity index (χ4v) is 6.54. The van der Waals surface area contributed by atoms with Crippen LogP contribution < -0.4 is 21.3 Å². The molecule has 0 aliphatic carbocycles. The lowest BCUT2D eigenvalue weighted by Gasteiger charge is -2.39. The van der Waals surface area contributed by atoms with Gasteiger partial charge in [-0.3, -0.25) is 19.3 Å². The van der Waals surface area contributed by atoms with Crippen LogP contribution in [0.4, 0.5) is 4.79 Å². The second kappa shape index (κ2) is 16.7. The average Bonchev–Trinajstić information content (AvgIpc) is 3.44. The number of piperazine rings is 1. The van der Waals surface area contributed by atoms with Gasteiger partial charge in [0.1, 0.15) is 12.1 Å². The molecule has 1 aromatic heterocycles. The van der Waals surface area contributed by atoms with Crippen LogP contribution in [0.25, 0.3) is 0 Å². The molecule has 1 aliphatic heterocycles. The Labute approximate surface area is 270 Å². The molecule has 1 aromatic carbocycles. The van der Waals surface area contributed by atoms with Crippen molar-refractivity contribution in [1.29, 1.82) is 0 Å². The van der Waals surface area contributed by atoms with Crippen molar-refractivity contribution in [2.75, 3.05) is 26.2 Å². The van der Waals surface area contributed by atoms with E-state index in [2.05, 4.69) is 40.1 Å². The van der Waals surface area contributed by atoms with E-state index in [4.69, 9.17) is 0 Å². The number of carbonyl (C=O) groups excluding carboxylic acids is 3. The number of benzene rings is 1. The molecule has 1 aliphatic rings. The van der Waals surface area contributed by atoms with Crippen LogP contribution in [-0.4, -0.2) is 88.0 Å². The second-order valence-corrected chi connectivity index (χ2v) is 14.9. The number of aromatic nitrogens is 1. The maximum atomic E-state index is 13.7. The molecule has 44 heavy (non-hydrogen) atoms. The van der Waals surface area contributed by atoms with Crippen LogP contribution in [0, 0.1) is 5.92 Å². The van der Waals surface area contributed by atoms with Crippen LogP contribution in [0.5, 0.6) is 0 Å². The lowest BCUT2D eigenvalue weighted by Crippen LogP contribution is -2.63. The lowest BCUT2D eigenvalue weighted by molar-refractivity contribution is -0.130. The first-order chi connectivity index (χ1) is 20.7. The fourth-order valence-electron chi connectivity index (χ4n) is 4.96. The van der Waals surface area contributed by atoms with Crippen LogP contribution in [0.15, 0.2) is 35.7 Å². The minimum absolute atomic E-state index is 0.0984. The highest BCUT2D eigenvalue weighted by Gasteiger charge is 2.35. The fraction of sp³-hybridized carbons (Fsp3) is 0.625. The van der Waals surface area contributed by atoms with Crippen molar-refractivity contribution in [3.63, 3.8) is 0 Å². The van der Waals surface area contributed by atoms with Gasteiger partial charge < -0.3 is 26.4 Å². The molecule has 4 atom stereocenters. The van der Waals surface area contributed by atoms with E-state index < -0.39 is 24.2 Å². The third-order valence-corrected chi connectivity index (χ3v) is 9.32. The van der Waals surface area contributed by atoms with Crippen LogP contribution in [0.1, 0.15) is 70.6 Å². The van der Waals surface area contributed by atoms with Crippen molar-refractivity contribution in [1.82, 2.24) is 31.2 Å². The Morgan fingerprint density at radius 1 is 1.14 bits per heavy atom. The van der Waals surface area contributed by atoms with Crippen LogP contribution in [0.2, 0.25) is 0 Å². The molecule has 12 heteroatoms. The van der Waals surface area contributed by atoms with Gasteiger partial charge in [-0.2, -0.15) is 0 Å². The van der Waals surface area contributed by atoms with Gasteiger partial charge in [0.25, 0.3) is 5.24 Å². The summed E-state index contributed by atoms with van der Waals surface area (Å²) in [6.07, 6.45) is -0.561. The number of hydrogen-bond acceptors (Lipinski definition) is 9. The van der Waals surface area contributed by atoms with Crippen molar-refractivity contribution in [2.45, 2.75) is 96.3 Å². The van der Waals surface area contributed by atoms with Crippen molar-refractivity contribution >= 4 is 40.2 Å². The van der Waals surface area contributed by atoms with Gasteiger partial charge in [-0.05, 0) is 38.7 Å². The predicted molar refractivity (Wildman–Crippen MR) is 179 cm³/mol. The van der Waals surface area contributed by atoms with Crippen molar-refractivity contribution in [3.8, 4) is 0 Å². The monoisotopic (exact) mass is 646 g/mol. The molecule has 2 heterocycles. The largest absolute Gasteiger partial charge is 0.390 e. The van der Waals surface area contributed by atoms with Gasteiger partial charge >= 0.3 is 0 Å². The molecule has 2 aromatic rings. The number of aliphatic hydroxyl groups excluding tert-OH is 1. The van der Waals surface area contributed by atoms with E-state index in [1.165, 1.54) is 0 Å². The number of thiazole rings is 1. The molecule has 3 rings (SSSR count). The molecule has 5 N–H and O–H groups in total. The number of β-amino-alcohol motifs (C(OH)–C–C–N with tert-alkyl or cyclic N) is 1. The van der Waals surface area contributed by atoms with E-state index in [0.29, 0.717) is 37.7 Å². The highest BCUT2D eigenvalue weighted by atomic mass is 32.2. The third kappa shape index (κ3) is 11.4. The first-order valence-corrected chi connectivity index (χ1v) is 17.3. The minimum atomic E-state index is -0.958. The minimum Gasteiger partial charge on any atom is -0.390 e. The molecular formula is C32H50N6O4S2. The van der Waals surface area contributed by atoms with Crippen molar-refractivity contribution < 1.29 is 19.5 Å². The number of nitrogens with one attached hydrogen (secondary N) is 4. The average molecular weight is 647 g/mol. The van der Waals surface area contributed by atoms with Gasteiger partial charge in [0.15, 0.2) is 0 Å². The molecule has 0 unspecified atom stereocenters. The van der Waals surface area contributed by atoms with E-state index in [1.807, 2.05) is 75.2 Å². The summed E-state index contributed by atoms with van der Waals surface area (Å²) in [6, 6.07) is 7.81. The summed E-state index contributed by atoms with van der Waals surface area (Å²) in [4.78, 5) is 46.2. The highest BCUT2D eigenvalue weighted by molar-refractivity contribution is 8.12. The van der Waals surface area contributed by atoms with Gasteiger partial charge in [0.05, 0.1) is 22.8 Å². The summed E-state index contributed by atoms with van der Waals surface area (Å²) >= 11 is 2.68. The SMILES string of the molecule is CC(C)c1nc(CSC(=O)N[C@H](C(=O)N[C@@H](Cc2ccccc2)[C@@H](O)CN2CCNC[C@H]2C(=O)NC(C)(C)C)C(C)C)cs1. The first kappa shape index (κ1) is 36.0. The number of carbonyl (C=O) groups is 3. The maximum Gasteiger partial charge on any atom is 0.280 e. The van der Waals surface area contributed by atoms with Gasteiger partial charge in [-0.15, -0.1) is 11.3 Å². The summed E-state index contributed by atoms with van der Waals surface area (Å²) in [5.74, 6) is 0.120.